The Hall–Kier alpha value is -3.40. The summed E-state index contributed by atoms with van der Waals surface area (Å²) < 4.78 is 48.8. The highest BCUT2D eigenvalue weighted by atomic mass is 19.3. The van der Waals surface area contributed by atoms with Gasteiger partial charge in [-0.05, 0) is 51.0 Å². The average Bonchev–Trinajstić information content (AvgIpc) is 3.44. The maximum absolute atomic E-state index is 15.0. The number of para-hydroxylation sites is 2. The number of hydrogen-bond donors (Lipinski definition) is 0. The molecule has 5 rings (SSSR count). The van der Waals surface area contributed by atoms with E-state index in [2.05, 4.69) is 28.9 Å². The highest BCUT2D eigenvalue weighted by Crippen LogP contribution is 2.28. The van der Waals surface area contributed by atoms with Crippen LogP contribution in [0.5, 0.6) is 0 Å². The molecule has 0 amide bonds. The molecule has 0 radical (unpaired) electrons. The van der Waals surface area contributed by atoms with Crippen molar-refractivity contribution in [3.8, 4) is 11.5 Å². The van der Waals surface area contributed by atoms with Crippen molar-refractivity contribution in [3.63, 3.8) is 0 Å². The van der Waals surface area contributed by atoms with Gasteiger partial charge in [-0.25, -0.2) is 9.18 Å². The van der Waals surface area contributed by atoms with Crippen molar-refractivity contribution in [2.45, 2.75) is 51.7 Å². The van der Waals surface area contributed by atoms with Crippen LogP contribution >= 0.6 is 0 Å². The number of aromatic nitrogens is 4. The van der Waals surface area contributed by atoms with Crippen molar-refractivity contribution in [3.05, 3.63) is 70.2 Å². The first-order valence-electron chi connectivity index (χ1n) is 11.7. The number of nitrogens with zero attached hydrogens (tertiary/aromatic N) is 5. The Labute approximate surface area is 199 Å². The highest BCUT2D eigenvalue weighted by molar-refractivity contribution is 5.76. The zero-order valence-electron chi connectivity index (χ0n) is 19.5. The molecule has 7 nitrogen and oxygen atoms in total. The Morgan fingerprint density at radius 3 is 2.40 bits per heavy atom. The molecule has 3 heterocycles. The Kier molecular flexibility index (Phi) is 6.22. The molecule has 1 aliphatic rings. The normalized spacial score (nSPS) is 15.6. The number of hydrogen-bond acceptors (Lipinski definition) is 5. The van der Waals surface area contributed by atoms with Gasteiger partial charge in [0.15, 0.2) is 0 Å². The van der Waals surface area contributed by atoms with Crippen LogP contribution in [0.25, 0.3) is 22.5 Å². The third-order valence-electron chi connectivity index (χ3n) is 6.72. The van der Waals surface area contributed by atoms with Gasteiger partial charge in [0.25, 0.3) is 5.89 Å². The predicted octanol–water partition coefficient (Wildman–Crippen LogP) is 5.02. The van der Waals surface area contributed by atoms with Gasteiger partial charge in [0.05, 0.1) is 17.6 Å². The van der Waals surface area contributed by atoms with Crippen LogP contribution in [0.15, 0.2) is 51.7 Å². The van der Waals surface area contributed by atoms with Crippen LogP contribution < -0.4 is 5.69 Å². The maximum atomic E-state index is 15.0. The first-order chi connectivity index (χ1) is 16.8. The van der Waals surface area contributed by atoms with Crippen molar-refractivity contribution in [1.82, 2.24) is 24.2 Å². The van der Waals surface area contributed by atoms with Crippen molar-refractivity contribution in [2.75, 3.05) is 13.1 Å². The number of benzene rings is 2. The lowest BCUT2D eigenvalue weighted by Gasteiger charge is -2.35. The van der Waals surface area contributed by atoms with Gasteiger partial charge in [-0.1, -0.05) is 18.2 Å². The van der Waals surface area contributed by atoms with Gasteiger partial charge in [0.2, 0.25) is 5.89 Å². The van der Waals surface area contributed by atoms with E-state index in [9.17, 15) is 13.6 Å². The fourth-order valence-electron chi connectivity index (χ4n) is 4.82. The molecule has 0 N–H and O–H groups in total. The summed E-state index contributed by atoms with van der Waals surface area (Å²) in [5.41, 5.74) is 1.89. The van der Waals surface area contributed by atoms with Crippen LogP contribution in [-0.4, -0.2) is 43.4 Å². The molecule has 2 aromatic heterocycles. The van der Waals surface area contributed by atoms with E-state index in [1.54, 1.807) is 4.57 Å². The number of piperidine rings is 1. The second-order valence-corrected chi connectivity index (χ2v) is 9.14. The summed E-state index contributed by atoms with van der Waals surface area (Å²) in [5.74, 6) is -1.59. The van der Waals surface area contributed by atoms with E-state index in [1.165, 1.54) is 12.1 Å². The summed E-state index contributed by atoms with van der Waals surface area (Å²) >= 11 is 0. The summed E-state index contributed by atoms with van der Waals surface area (Å²) in [5, 5.41) is 6.84. The van der Waals surface area contributed by atoms with Gasteiger partial charge in [-0.15, -0.1) is 10.2 Å². The molecule has 184 valence electrons. The third kappa shape index (κ3) is 4.38. The van der Waals surface area contributed by atoms with E-state index in [-0.39, 0.29) is 29.7 Å². The smallest absolute Gasteiger partial charge is 0.329 e. The molecule has 35 heavy (non-hydrogen) atoms. The molecule has 0 atom stereocenters. The molecule has 0 aliphatic carbocycles. The number of halogens is 3. The number of rotatable bonds is 6. The quantitative estimate of drug-likeness (QED) is 0.384. The van der Waals surface area contributed by atoms with E-state index in [0.717, 1.165) is 43.0 Å². The van der Waals surface area contributed by atoms with Crippen LogP contribution in [-0.2, 0) is 6.54 Å². The summed E-state index contributed by atoms with van der Waals surface area (Å²) in [6, 6.07) is 12.3. The lowest BCUT2D eigenvalue weighted by molar-refractivity contribution is 0.116. The lowest BCUT2D eigenvalue weighted by Crippen LogP contribution is -2.41. The van der Waals surface area contributed by atoms with Gasteiger partial charge in [-0.2, -0.15) is 8.78 Å². The topological polar surface area (TPSA) is 69.1 Å². The first kappa shape index (κ1) is 23.3. The number of alkyl halides is 2. The summed E-state index contributed by atoms with van der Waals surface area (Å²) in [6.07, 6.45) is -1.15. The molecule has 0 saturated carbocycles. The van der Waals surface area contributed by atoms with Gasteiger partial charge in [-0.3, -0.25) is 9.13 Å². The van der Waals surface area contributed by atoms with Crippen LogP contribution in [0.4, 0.5) is 13.2 Å². The molecule has 1 fully saturated rings. The Morgan fingerprint density at radius 1 is 1.06 bits per heavy atom. The monoisotopic (exact) mass is 485 g/mol. The fraction of sp³-hybridized carbons (Fsp3) is 0.400. The summed E-state index contributed by atoms with van der Waals surface area (Å²) in [7, 11) is 0. The molecule has 1 saturated heterocycles. The minimum absolute atomic E-state index is 0.0371. The number of likely N-dealkylation sites (tertiary alicyclic amines) is 1. The minimum atomic E-state index is -2.90. The second-order valence-electron chi connectivity index (χ2n) is 9.14. The Balaban J connectivity index is 1.46. The summed E-state index contributed by atoms with van der Waals surface area (Å²) in [4.78, 5) is 16.0. The zero-order chi connectivity index (χ0) is 24.7. The molecule has 0 spiro atoms. The van der Waals surface area contributed by atoms with Gasteiger partial charge in [0.1, 0.15) is 5.82 Å². The molecular weight excluding hydrogens is 459 g/mol. The summed E-state index contributed by atoms with van der Waals surface area (Å²) in [6.45, 7) is 6.23. The van der Waals surface area contributed by atoms with Crippen LogP contribution in [0, 0.1) is 5.82 Å². The molecule has 1 aliphatic heterocycles. The third-order valence-corrected chi connectivity index (χ3v) is 6.72. The molecular formula is C25H26F3N5O2. The first-order valence-corrected chi connectivity index (χ1v) is 11.7. The van der Waals surface area contributed by atoms with Gasteiger partial charge < -0.3 is 9.32 Å². The van der Waals surface area contributed by atoms with Crippen molar-refractivity contribution in [2.24, 2.45) is 0 Å². The largest absolute Gasteiger partial charge is 0.415 e. The standard InChI is InChI=1S/C25H26F3N5O2/c1-15(2)31-11-9-18(10-12-31)33-21-6-4-3-5-20(21)32(25(33)34)14-17-8-7-16(13-19(17)26)23-29-30-24(35-23)22(27)28/h3-8,13,15,18,22H,9-12,14H2,1-2H3. The predicted molar refractivity (Wildman–Crippen MR) is 125 cm³/mol. The molecule has 2 aromatic carbocycles. The van der Waals surface area contributed by atoms with Crippen LogP contribution in [0.2, 0.25) is 0 Å². The van der Waals surface area contributed by atoms with E-state index in [1.807, 2.05) is 28.8 Å². The van der Waals surface area contributed by atoms with E-state index < -0.39 is 18.1 Å². The highest BCUT2D eigenvalue weighted by Gasteiger charge is 2.26. The number of imidazole rings is 1. The Bertz CT molecular complexity index is 1400. The molecule has 4 aromatic rings. The average molecular weight is 486 g/mol. The van der Waals surface area contributed by atoms with E-state index >= 15 is 4.39 Å². The molecule has 10 heteroatoms. The SMILES string of the molecule is CC(C)N1CCC(n2c(=O)n(Cc3ccc(-c4nnc(C(F)F)o4)cc3F)c3ccccc32)CC1. The number of fused-ring (bicyclic) bond motifs is 1. The second kappa shape index (κ2) is 9.33. The maximum Gasteiger partial charge on any atom is 0.329 e. The molecule has 0 unspecified atom stereocenters. The fourth-order valence-corrected chi connectivity index (χ4v) is 4.82. The Morgan fingerprint density at radius 2 is 1.77 bits per heavy atom. The van der Waals surface area contributed by atoms with Gasteiger partial charge in [0, 0.05) is 36.3 Å². The van der Waals surface area contributed by atoms with Crippen molar-refractivity contribution < 1.29 is 17.6 Å². The van der Waals surface area contributed by atoms with Crippen molar-refractivity contribution in [1.29, 1.82) is 0 Å². The molecule has 0 bridgehead atoms. The van der Waals surface area contributed by atoms with Crippen LogP contribution in [0.1, 0.15) is 50.6 Å². The zero-order valence-corrected chi connectivity index (χ0v) is 19.5. The van der Waals surface area contributed by atoms with Crippen molar-refractivity contribution >= 4 is 11.0 Å². The van der Waals surface area contributed by atoms with Gasteiger partial charge >= 0.3 is 12.1 Å². The van der Waals surface area contributed by atoms with E-state index in [4.69, 9.17) is 4.42 Å². The van der Waals surface area contributed by atoms with Crippen LogP contribution in [0.3, 0.4) is 0 Å². The van der Waals surface area contributed by atoms with E-state index in [0.29, 0.717) is 11.6 Å². The minimum Gasteiger partial charge on any atom is -0.415 e. The lowest BCUT2D eigenvalue weighted by atomic mass is 10.0.